The lowest BCUT2D eigenvalue weighted by atomic mass is 10.2. The van der Waals surface area contributed by atoms with Gasteiger partial charge in [0.25, 0.3) is 0 Å². The van der Waals surface area contributed by atoms with Crippen LogP contribution in [0.3, 0.4) is 0 Å². The van der Waals surface area contributed by atoms with E-state index in [1.54, 1.807) is 43.1 Å². The van der Waals surface area contributed by atoms with Gasteiger partial charge in [-0.2, -0.15) is 0 Å². The average molecular weight is 393 g/mol. The lowest BCUT2D eigenvalue weighted by Crippen LogP contribution is -2.37. The molecule has 0 saturated heterocycles. The highest BCUT2D eigenvalue weighted by Gasteiger charge is 2.10. The second kappa shape index (κ2) is 10.2. The number of sulfonamides is 1. The number of aliphatic imine (C=N–C) groups is 1. The minimum atomic E-state index is -3.40. The van der Waals surface area contributed by atoms with E-state index in [1.807, 2.05) is 18.2 Å². The van der Waals surface area contributed by atoms with Gasteiger partial charge in [0, 0.05) is 30.8 Å². The molecule has 2 aromatic carbocycles. The SMILES string of the molecule is CN=C(NCCSc1ccccc1)NCc1ccc(S(=O)(=O)NC)cc1. The zero-order valence-corrected chi connectivity index (χ0v) is 16.5. The van der Waals surface area contributed by atoms with Crippen LogP contribution in [0.5, 0.6) is 0 Å². The summed E-state index contributed by atoms with van der Waals surface area (Å²) in [4.78, 5) is 5.70. The topological polar surface area (TPSA) is 82.6 Å². The first-order valence-corrected chi connectivity index (χ1v) is 10.7. The maximum absolute atomic E-state index is 11.7. The van der Waals surface area contributed by atoms with Crippen LogP contribution in [0.15, 0.2) is 69.4 Å². The molecule has 0 fully saturated rings. The Balaban J connectivity index is 1.76. The van der Waals surface area contributed by atoms with Crippen molar-refractivity contribution in [3.8, 4) is 0 Å². The molecule has 6 nitrogen and oxygen atoms in total. The number of thioether (sulfide) groups is 1. The van der Waals surface area contributed by atoms with Crippen molar-refractivity contribution in [2.45, 2.75) is 16.3 Å². The van der Waals surface area contributed by atoms with Gasteiger partial charge in [-0.25, -0.2) is 13.1 Å². The normalized spacial score (nSPS) is 12.0. The molecule has 0 spiro atoms. The third kappa shape index (κ3) is 6.36. The van der Waals surface area contributed by atoms with Crippen LogP contribution in [0.2, 0.25) is 0 Å². The molecule has 0 heterocycles. The second-order valence-electron chi connectivity index (χ2n) is 5.37. The van der Waals surface area contributed by atoms with Crippen molar-refractivity contribution in [1.82, 2.24) is 15.4 Å². The Morgan fingerprint density at radius 2 is 1.73 bits per heavy atom. The largest absolute Gasteiger partial charge is 0.356 e. The van der Waals surface area contributed by atoms with Crippen LogP contribution in [0.25, 0.3) is 0 Å². The predicted octanol–water partition coefficient (Wildman–Crippen LogP) is 2.05. The molecule has 0 aliphatic rings. The van der Waals surface area contributed by atoms with Crippen molar-refractivity contribution in [2.24, 2.45) is 4.99 Å². The molecule has 0 amide bonds. The molecule has 3 N–H and O–H groups in total. The van der Waals surface area contributed by atoms with Crippen LogP contribution in [0, 0.1) is 0 Å². The summed E-state index contributed by atoms with van der Waals surface area (Å²) in [5.74, 6) is 1.65. The lowest BCUT2D eigenvalue weighted by Gasteiger charge is -2.12. The summed E-state index contributed by atoms with van der Waals surface area (Å²) in [5, 5.41) is 6.49. The number of guanidine groups is 1. The second-order valence-corrected chi connectivity index (χ2v) is 8.42. The molecule has 8 heteroatoms. The average Bonchev–Trinajstić information content (AvgIpc) is 2.68. The summed E-state index contributed by atoms with van der Waals surface area (Å²) >= 11 is 1.79. The van der Waals surface area contributed by atoms with E-state index in [0.29, 0.717) is 12.5 Å². The van der Waals surface area contributed by atoms with Gasteiger partial charge in [-0.15, -0.1) is 11.8 Å². The highest BCUT2D eigenvalue weighted by Crippen LogP contribution is 2.15. The van der Waals surface area contributed by atoms with E-state index in [4.69, 9.17) is 0 Å². The maximum Gasteiger partial charge on any atom is 0.240 e. The molecule has 2 aromatic rings. The molecule has 0 atom stereocenters. The summed E-state index contributed by atoms with van der Waals surface area (Å²) in [7, 11) is -0.274. The molecule has 2 rings (SSSR count). The third-order valence-electron chi connectivity index (χ3n) is 3.59. The van der Waals surface area contributed by atoms with Crippen molar-refractivity contribution in [1.29, 1.82) is 0 Å². The molecular formula is C18H24N4O2S2. The summed E-state index contributed by atoms with van der Waals surface area (Å²) in [6.45, 7) is 1.35. The van der Waals surface area contributed by atoms with Gasteiger partial charge in [-0.05, 0) is 36.9 Å². The molecule has 0 unspecified atom stereocenters. The van der Waals surface area contributed by atoms with E-state index < -0.39 is 10.0 Å². The first-order valence-electron chi connectivity index (χ1n) is 8.20. The minimum absolute atomic E-state index is 0.254. The first-order chi connectivity index (χ1) is 12.5. The quantitative estimate of drug-likeness (QED) is 0.277. The highest BCUT2D eigenvalue weighted by atomic mass is 32.2. The van der Waals surface area contributed by atoms with Gasteiger partial charge in [0.15, 0.2) is 5.96 Å². The minimum Gasteiger partial charge on any atom is -0.356 e. The fourth-order valence-corrected chi connectivity index (χ4v) is 3.69. The van der Waals surface area contributed by atoms with Crippen LogP contribution >= 0.6 is 11.8 Å². The summed E-state index contributed by atoms with van der Waals surface area (Å²) in [6, 6.07) is 17.0. The van der Waals surface area contributed by atoms with Crippen molar-refractivity contribution >= 4 is 27.7 Å². The Bertz CT molecular complexity index is 807. The number of rotatable bonds is 8. The monoisotopic (exact) mass is 392 g/mol. The van der Waals surface area contributed by atoms with Crippen LogP contribution in [0.4, 0.5) is 0 Å². The van der Waals surface area contributed by atoms with E-state index in [2.05, 4.69) is 32.5 Å². The number of hydrogen-bond acceptors (Lipinski definition) is 4. The van der Waals surface area contributed by atoms with Crippen LogP contribution in [-0.2, 0) is 16.6 Å². The van der Waals surface area contributed by atoms with Crippen molar-refractivity contribution in [3.05, 3.63) is 60.2 Å². The highest BCUT2D eigenvalue weighted by molar-refractivity contribution is 7.99. The number of benzene rings is 2. The summed E-state index contributed by atoms with van der Waals surface area (Å²) < 4.78 is 25.7. The third-order valence-corrected chi connectivity index (χ3v) is 6.04. The van der Waals surface area contributed by atoms with Crippen LogP contribution < -0.4 is 15.4 Å². The van der Waals surface area contributed by atoms with Crippen molar-refractivity contribution in [3.63, 3.8) is 0 Å². The van der Waals surface area contributed by atoms with E-state index in [-0.39, 0.29) is 4.90 Å². The molecule has 0 aliphatic heterocycles. The molecule has 0 bridgehead atoms. The smallest absolute Gasteiger partial charge is 0.240 e. The van der Waals surface area contributed by atoms with Gasteiger partial charge in [0.05, 0.1) is 4.90 Å². The number of nitrogens with zero attached hydrogens (tertiary/aromatic N) is 1. The van der Waals surface area contributed by atoms with Crippen molar-refractivity contribution in [2.75, 3.05) is 26.4 Å². The van der Waals surface area contributed by atoms with Gasteiger partial charge in [0.1, 0.15) is 0 Å². The van der Waals surface area contributed by atoms with Gasteiger partial charge in [-0.3, -0.25) is 4.99 Å². The van der Waals surface area contributed by atoms with Gasteiger partial charge in [0.2, 0.25) is 10.0 Å². The van der Waals surface area contributed by atoms with Crippen LogP contribution in [-0.4, -0.2) is 40.8 Å². The molecule has 0 aromatic heterocycles. The zero-order chi connectivity index (χ0) is 18.8. The Hall–Kier alpha value is -2.03. The van der Waals surface area contributed by atoms with Gasteiger partial charge < -0.3 is 10.6 Å². The fraction of sp³-hybridized carbons (Fsp3) is 0.278. The van der Waals surface area contributed by atoms with E-state index in [0.717, 1.165) is 17.9 Å². The molecule has 26 heavy (non-hydrogen) atoms. The van der Waals surface area contributed by atoms with E-state index in [9.17, 15) is 8.42 Å². The Morgan fingerprint density at radius 1 is 1.04 bits per heavy atom. The fourth-order valence-electron chi connectivity index (χ4n) is 2.17. The predicted molar refractivity (Wildman–Crippen MR) is 108 cm³/mol. The molecule has 0 radical (unpaired) electrons. The number of hydrogen-bond donors (Lipinski definition) is 3. The van der Waals surface area contributed by atoms with Gasteiger partial charge in [-0.1, -0.05) is 30.3 Å². The van der Waals surface area contributed by atoms with Crippen molar-refractivity contribution < 1.29 is 8.42 Å². The Labute approximate surface area is 159 Å². The van der Waals surface area contributed by atoms with Gasteiger partial charge >= 0.3 is 0 Å². The number of nitrogens with one attached hydrogen (secondary N) is 3. The summed E-state index contributed by atoms with van der Waals surface area (Å²) in [6.07, 6.45) is 0. The van der Waals surface area contributed by atoms with E-state index >= 15 is 0 Å². The zero-order valence-electron chi connectivity index (χ0n) is 14.9. The molecule has 140 valence electrons. The lowest BCUT2D eigenvalue weighted by molar-refractivity contribution is 0.588. The standard InChI is InChI=1S/C18H24N4O2S2/c1-19-18(21-12-13-25-16-6-4-3-5-7-16)22-14-15-8-10-17(11-9-15)26(23,24)20-2/h3-11,20H,12-14H2,1-2H3,(H2,19,21,22). The van der Waals surface area contributed by atoms with Crippen LogP contribution in [0.1, 0.15) is 5.56 Å². The molecular weight excluding hydrogens is 368 g/mol. The molecule has 0 saturated carbocycles. The summed E-state index contributed by atoms with van der Waals surface area (Å²) in [5.41, 5.74) is 0.974. The Kier molecular flexibility index (Phi) is 7.96. The Morgan fingerprint density at radius 3 is 2.35 bits per heavy atom. The maximum atomic E-state index is 11.7. The first kappa shape index (κ1) is 20.3. The van der Waals surface area contributed by atoms with E-state index in [1.165, 1.54) is 11.9 Å². The molecule has 0 aliphatic carbocycles.